The summed E-state index contributed by atoms with van der Waals surface area (Å²) in [5.74, 6) is -4.28. The summed E-state index contributed by atoms with van der Waals surface area (Å²) in [7, 11) is 0. The van der Waals surface area contributed by atoms with Crippen LogP contribution in [0.15, 0.2) is 23.2 Å². The topological polar surface area (TPSA) is 125 Å². The maximum absolute atomic E-state index is 13.1. The quantitative estimate of drug-likeness (QED) is 0.233. The van der Waals surface area contributed by atoms with Gasteiger partial charge in [0.2, 0.25) is 12.0 Å². The minimum atomic E-state index is -5.18. The van der Waals surface area contributed by atoms with Gasteiger partial charge in [0.1, 0.15) is 11.4 Å². The summed E-state index contributed by atoms with van der Waals surface area (Å²) in [4.78, 5) is 33.2. The zero-order valence-corrected chi connectivity index (χ0v) is 24.8. The number of hydrogen-bond donors (Lipinski definition) is 4. The van der Waals surface area contributed by atoms with Crippen molar-refractivity contribution in [2.45, 2.75) is 69.6 Å². The van der Waals surface area contributed by atoms with Crippen molar-refractivity contribution in [3.05, 3.63) is 44.9 Å². The van der Waals surface area contributed by atoms with E-state index < -0.39 is 67.7 Å². The molecule has 0 radical (unpaired) electrons. The monoisotopic (exact) mass is 705 g/mol. The highest BCUT2D eigenvalue weighted by Gasteiger charge is 2.44. The highest BCUT2D eigenvalue weighted by Crippen LogP contribution is 2.39. The summed E-state index contributed by atoms with van der Waals surface area (Å²) in [6, 6.07) is 3.38. The molecule has 1 aliphatic carbocycles. The van der Waals surface area contributed by atoms with E-state index in [1.165, 1.54) is 18.2 Å². The molecule has 46 heavy (non-hydrogen) atoms. The number of alkyl halides is 8. The van der Waals surface area contributed by atoms with Gasteiger partial charge in [-0.15, -0.1) is 0 Å². The number of rotatable bonds is 9. The van der Waals surface area contributed by atoms with Crippen LogP contribution in [0, 0.1) is 5.92 Å². The molecule has 1 aromatic heterocycles. The molecule has 2 amide bonds. The number of aliphatic imine (C=N–C) groups is 1. The summed E-state index contributed by atoms with van der Waals surface area (Å²) in [6.07, 6.45) is -15.9. The molecule has 2 aliphatic rings. The van der Waals surface area contributed by atoms with Crippen molar-refractivity contribution in [3.8, 4) is 5.88 Å². The second-order valence-corrected chi connectivity index (χ2v) is 11.3. The minimum Gasteiger partial charge on any atom is -0.471 e. The average Bonchev–Trinajstić information content (AvgIpc) is 3.37. The van der Waals surface area contributed by atoms with Gasteiger partial charge in [-0.25, -0.2) is 13.8 Å². The van der Waals surface area contributed by atoms with Gasteiger partial charge in [-0.05, 0) is 43.4 Å². The lowest BCUT2D eigenvalue weighted by Crippen LogP contribution is -2.43. The maximum Gasteiger partial charge on any atom is 0.423 e. The van der Waals surface area contributed by atoms with E-state index in [-0.39, 0.29) is 70.6 Å². The summed E-state index contributed by atoms with van der Waals surface area (Å²) in [5.41, 5.74) is 0.273. The number of ether oxygens (including phenoxy) is 1. The molecule has 0 spiro atoms. The third-order valence-electron chi connectivity index (χ3n) is 7.21. The number of aromatic nitrogens is 1. The number of aliphatic hydroxyl groups is 1. The normalized spacial score (nSPS) is 18.9. The molecule has 9 nitrogen and oxygen atoms in total. The Balaban J connectivity index is 1.49. The fourth-order valence-corrected chi connectivity index (χ4v) is 5.37. The Morgan fingerprint density at radius 2 is 1.74 bits per heavy atom. The molecule has 0 bridgehead atoms. The van der Waals surface area contributed by atoms with Crippen LogP contribution < -0.4 is 20.7 Å². The van der Waals surface area contributed by atoms with Gasteiger partial charge in [0.25, 0.3) is 18.2 Å². The highest BCUT2D eigenvalue weighted by atomic mass is 35.5. The molecular formula is C27H25Cl2F8N5O4. The predicted octanol–water partition coefficient (Wildman–Crippen LogP) is 6.12. The van der Waals surface area contributed by atoms with Gasteiger partial charge < -0.3 is 25.8 Å². The first kappa shape index (κ1) is 35.4. The van der Waals surface area contributed by atoms with Crippen LogP contribution >= 0.6 is 23.2 Å². The summed E-state index contributed by atoms with van der Waals surface area (Å²) >= 11 is 12.6. The van der Waals surface area contributed by atoms with E-state index in [2.05, 4.69) is 20.6 Å². The van der Waals surface area contributed by atoms with Crippen LogP contribution in [-0.4, -0.2) is 65.3 Å². The Morgan fingerprint density at radius 1 is 1.07 bits per heavy atom. The Hall–Kier alpha value is -3.44. The van der Waals surface area contributed by atoms with Gasteiger partial charge in [-0.2, -0.15) is 31.3 Å². The maximum atomic E-state index is 13.1. The molecule has 252 valence electrons. The lowest BCUT2D eigenvalue weighted by atomic mass is 9.85. The molecule has 1 aliphatic heterocycles. The van der Waals surface area contributed by atoms with Crippen LogP contribution in [0.1, 0.15) is 47.2 Å². The minimum absolute atomic E-state index is 0.00852. The second-order valence-electron chi connectivity index (χ2n) is 10.5. The Morgan fingerprint density at radius 3 is 2.35 bits per heavy atom. The first-order chi connectivity index (χ1) is 21.4. The number of carbonyl (C=O) groups is 2. The molecule has 4 N–H and O–H groups in total. The van der Waals surface area contributed by atoms with Crippen LogP contribution in [-0.2, 0) is 17.8 Å². The number of carbonyl (C=O) groups excluding carboxylic acids is 2. The van der Waals surface area contributed by atoms with Crippen LogP contribution in [0.4, 0.5) is 46.6 Å². The molecule has 1 fully saturated rings. The number of halogens is 10. The number of pyridine rings is 1. The molecule has 1 saturated carbocycles. The van der Waals surface area contributed by atoms with Crippen molar-refractivity contribution in [2.24, 2.45) is 10.9 Å². The van der Waals surface area contributed by atoms with E-state index in [9.17, 15) is 44.7 Å². The summed E-state index contributed by atoms with van der Waals surface area (Å²) in [5, 5.41) is 16.4. The van der Waals surface area contributed by atoms with Gasteiger partial charge in [0.15, 0.2) is 12.4 Å². The lowest BCUT2D eigenvalue weighted by Gasteiger charge is -2.30. The number of anilines is 1. The van der Waals surface area contributed by atoms with Crippen LogP contribution in [0.2, 0.25) is 10.0 Å². The molecule has 0 saturated heterocycles. The van der Waals surface area contributed by atoms with Crippen LogP contribution in [0.3, 0.4) is 0 Å². The zero-order chi connectivity index (χ0) is 34.0. The van der Waals surface area contributed by atoms with E-state index in [1.54, 1.807) is 0 Å². The van der Waals surface area contributed by atoms with Gasteiger partial charge >= 0.3 is 12.4 Å². The number of aliphatic hydroxyl groups excluding tert-OH is 1. The van der Waals surface area contributed by atoms with Crippen LogP contribution in [0.25, 0.3) is 0 Å². The zero-order valence-electron chi connectivity index (χ0n) is 23.3. The van der Waals surface area contributed by atoms with Crippen LogP contribution in [0.5, 0.6) is 5.88 Å². The molecule has 1 atom stereocenters. The van der Waals surface area contributed by atoms with Gasteiger partial charge in [-0.1, -0.05) is 29.3 Å². The first-order valence-corrected chi connectivity index (χ1v) is 14.4. The molecule has 1 unspecified atom stereocenters. The van der Waals surface area contributed by atoms with Crippen molar-refractivity contribution < 1.29 is 54.6 Å². The fourth-order valence-electron chi connectivity index (χ4n) is 4.84. The van der Waals surface area contributed by atoms with Gasteiger partial charge in [0, 0.05) is 24.6 Å². The molecule has 2 aromatic rings. The van der Waals surface area contributed by atoms with E-state index in [4.69, 9.17) is 33.0 Å². The Kier molecular flexibility index (Phi) is 10.9. The highest BCUT2D eigenvalue weighted by molar-refractivity contribution is 6.40. The molecule has 1 aromatic carbocycles. The van der Waals surface area contributed by atoms with Crippen molar-refractivity contribution in [2.75, 3.05) is 11.9 Å². The average molecular weight is 706 g/mol. The number of fused-ring (bicyclic) bond motifs is 1. The number of amidine groups is 1. The Bertz CT molecular complexity index is 1500. The first-order valence-electron chi connectivity index (χ1n) is 13.6. The predicted molar refractivity (Wildman–Crippen MR) is 150 cm³/mol. The van der Waals surface area contributed by atoms with Gasteiger partial charge in [-0.3, -0.25) is 9.59 Å². The molecular weight excluding hydrogens is 681 g/mol. The smallest absolute Gasteiger partial charge is 0.423 e. The second kappa shape index (κ2) is 14.1. The van der Waals surface area contributed by atoms with Crippen molar-refractivity contribution >= 4 is 52.4 Å². The van der Waals surface area contributed by atoms with E-state index in [1.807, 2.05) is 5.32 Å². The van der Waals surface area contributed by atoms with Crippen molar-refractivity contribution in [3.63, 3.8) is 0 Å². The fraction of sp³-hybridized carbons (Fsp3) is 0.481. The number of benzene rings is 1. The lowest BCUT2D eigenvalue weighted by molar-refractivity contribution is -0.205. The number of hydrogen-bond acceptors (Lipinski definition) is 7. The molecule has 2 heterocycles. The standard InChI is InChI=1S/C27H25Cl2F8N5O4/c28-16-6-1-11(9-38-24(45)21(43)27(35,36)37)19(29)20(16)40-18-8-12-7-15(25(42-22(12)41-18)46-10-17(30)31)23(44)39-14-4-2-13(3-5-14)26(32,33)34/h1,6-7,13-14,17,21,43H,2-5,8-10H2,(H,38,45)(H,39,44)(H,40,41,42). The molecule has 19 heteroatoms. The third kappa shape index (κ3) is 8.67. The number of nitrogens with one attached hydrogen (secondary N) is 3. The molecule has 4 rings (SSSR count). The largest absolute Gasteiger partial charge is 0.471 e. The van der Waals surface area contributed by atoms with Crippen molar-refractivity contribution in [1.82, 2.24) is 15.6 Å². The Labute approximate surface area is 265 Å². The number of amides is 2. The summed E-state index contributed by atoms with van der Waals surface area (Å²) < 4.78 is 108. The van der Waals surface area contributed by atoms with Crippen molar-refractivity contribution in [1.29, 1.82) is 0 Å². The van der Waals surface area contributed by atoms with Gasteiger partial charge in [0.05, 0.1) is 21.7 Å². The van der Waals surface area contributed by atoms with E-state index in [0.717, 1.165) is 0 Å². The third-order valence-corrected chi connectivity index (χ3v) is 7.96. The van der Waals surface area contributed by atoms with E-state index >= 15 is 0 Å². The SMILES string of the molecule is O=C(NC1CCC(C(F)(F)F)CC1)c1cc2c(nc1OCC(F)F)N=C(Nc1c(Cl)ccc(CNC(=O)C(O)C(F)(F)F)c1Cl)C2. The number of nitrogens with zero attached hydrogens (tertiary/aromatic N) is 2. The van der Waals surface area contributed by atoms with E-state index in [0.29, 0.717) is 5.56 Å². The summed E-state index contributed by atoms with van der Waals surface area (Å²) in [6.45, 7) is -1.61.